The number of fused-ring (bicyclic) bond motifs is 8. The first-order chi connectivity index (χ1) is 36.4. The third kappa shape index (κ3) is 5.71. The van der Waals surface area contributed by atoms with Crippen molar-refractivity contribution >= 4 is 44.9 Å². The van der Waals surface area contributed by atoms with Gasteiger partial charge in [0.25, 0.3) is 0 Å². The number of hydrogen-bond donors (Lipinski definition) is 0. The van der Waals surface area contributed by atoms with E-state index in [1.54, 1.807) is 48.5 Å². The topological polar surface area (TPSA) is 6.48 Å². The summed E-state index contributed by atoms with van der Waals surface area (Å²) >= 11 is 0. The van der Waals surface area contributed by atoms with Crippen LogP contribution in [0.1, 0.15) is 107 Å². The summed E-state index contributed by atoms with van der Waals surface area (Å²) in [6.07, 6.45) is 6.12. The fourth-order valence-corrected chi connectivity index (χ4v) is 13.8. The second kappa shape index (κ2) is 14.1. The highest BCUT2D eigenvalue weighted by Crippen LogP contribution is 2.72. The van der Waals surface area contributed by atoms with Gasteiger partial charge in [-0.05, 0) is 223 Å². The quantitative estimate of drug-likeness (QED) is 0.164. The van der Waals surface area contributed by atoms with Crippen molar-refractivity contribution in [2.75, 3.05) is 9.80 Å². The predicted octanol–water partition coefficient (Wildman–Crippen LogP) is 17.0. The normalized spacial score (nSPS) is 26.0. The van der Waals surface area contributed by atoms with Gasteiger partial charge in [0, 0.05) is 61.4 Å². The number of aryl methyl sites for hydroxylation is 4. The monoisotopic (exact) mass is 855 g/mol. The zero-order valence-corrected chi connectivity index (χ0v) is 36.8. The van der Waals surface area contributed by atoms with Crippen LogP contribution in [0.25, 0.3) is 33.0 Å². The molecule has 0 radical (unpaired) electrons. The van der Waals surface area contributed by atoms with Crippen LogP contribution < -0.4 is 9.80 Å². The molecule has 6 aliphatic rings. The molecule has 0 aromatic heterocycles. The Labute approximate surface area is 402 Å². The number of rotatable bonds is 6. The van der Waals surface area contributed by atoms with E-state index < -0.39 is 32.8 Å². The average molecular weight is 855 g/mol. The van der Waals surface area contributed by atoms with Gasteiger partial charge in [-0.15, -0.1) is 0 Å². The third-order valence-corrected chi connectivity index (χ3v) is 16.4. The third-order valence-electron chi connectivity index (χ3n) is 16.4. The Morgan fingerprint density at radius 1 is 0.400 bits per heavy atom. The zero-order valence-electron chi connectivity index (χ0n) is 48.8. The first kappa shape index (κ1) is 28.5. The molecule has 0 heterocycles. The summed E-state index contributed by atoms with van der Waals surface area (Å²) in [5.41, 5.74) is 15.7. The summed E-state index contributed by atoms with van der Waals surface area (Å²) in [5, 5.41) is 2.21. The standard InChI is InChI=1S/C63H58N2/c1-38-7-16-48(17-8-38)64(49-18-9-39(2)10-19-49)52-24-15-44-35-56-54-27-28-57-60(61(54)63(59(56)36-45(44)34-52)46-30-42-29-43(32-46)33-47(63)31-42)55-26-25-53(37-58(55)62(57,5)6)65(50-20-11-40(3)12-21-50)51-22-13-41(4)14-23-51/h7-28,34-37,42-43,46-47H,29-33H2,1-6H3/i1D3,2D3,3D3,4D3. The molecule has 4 saturated carbocycles. The summed E-state index contributed by atoms with van der Waals surface area (Å²) in [6.45, 7) is -4.41. The van der Waals surface area contributed by atoms with E-state index in [1.165, 1.54) is 76.6 Å². The van der Waals surface area contributed by atoms with Crippen LogP contribution in [-0.2, 0) is 10.8 Å². The van der Waals surface area contributed by atoms with E-state index in [0.717, 1.165) is 56.7 Å². The van der Waals surface area contributed by atoms with Crippen LogP contribution in [0.4, 0.5) is 34.1 Å². The second-order valence-corrected chi connectivity index (χ2v) is 20.2. The minimum Gasteiger partial charge on any atom is -0.310 e. The van der Waals surface area contributed by atoms with Gasteiger partial charge < -0.3 is 9.80 Å². The Kier molecular flexibility index (Phi) is 6.17. The van der Waals surface area contributed by atoms with Crippen LogP contribution >= 0.6 is 0 Å². The van der Waals surface area contributed by atoms with Gasteiger partial charge in [-0.1, -0.05) is 109 Å². The Morgan fingerprint density at radius 3 is 1.37 bits per heavy atom. The van der Waals surface area contributed by atoms with Crippen LogP contribution in [0.15, 0.2) is 158 Å². The van der Waals surface area contributed by atoms with E-state index in [0.29, 0.717) is 11.8 Å². The van der Waals surface area contributed by atoms with Gasteiger partial charge in [-0.2, -0.15) is 0 Å². The summed E-state index contributed by atoms with van der Waals surface area (Å²) in [5.74, 6) is 2.38. The molecule has 0 amide bonds. The molecular weight excluding hydrogens is 785 g/mol. The van der Waals surface area contributed by atoms with Crippen molar-refractivity contribution in [3.63, 3.8) is 0 Å². The minimum atomic E-state index is -2.27. The van der Waals surface area contributed by atoms with Crippen molar-refractivity contribution in [1.29, 1.82) is 0 Å². The average Bonchev–Trinajstić information content (AvgIpc) is 3.97. The molecule has 4 bridgehead atoms. The van der Waals surface area contributed by atoms with E-state index in [9.17, 15) is 0 Å². The molecule has 0 saturated heterocycles. The number of benzene rings is 8. The van der Waals surface area contributed by atoms with Gasteiger partial charge in [0.2, 0.25) is 0 Å². The van der Waals surface area contributed by atoms with Gasteiger partial charge in [0.15, 0.2) is 0 Å². The predicted molar refractivity (Wildman–Crippen MR) is 273 cm³/mol. The summed E-state index contributed by atoms with van der Waals surface area (Å²) in [6, 6.07) is 50.7. The molecule has 8 aromatic rings. The molecule has 4 fully saturated rings. The highest BCUT2D eigenvalue weighted by molar-refractivity contribution is 6.01. The Balaban J connectivity index is 0.972. The molecule has 2 nitrogen and oxygen atoms in total. The molecule has 1 spiro atoms. The number of anilines is 6. The van der Waals surface area contributed by atoms with Crippen LogP contribution in [0, 0.1) is 51.1 Å². The molecule has 14 rings (SSSR count). The van der Waals surface area contributed by atoms with Crippen molar-refractivity contribution in [3.05, 3.63) is 202 Å². The maximum Gasteiger partial charge on any atom is 0.0468 e. The lowest BCUT2D eigenvalue weighted by atomic mass is 9.42. The Bertz CT molecular complexity index is 3520. The Morgan fingerprint density at radius 2 is 0.862 bits per heavy atom. The van der Waals surface area contributed by atoms with Crippen molar-refractivity contribution in [2.24, 2.45) is 23.7 Å². The fraction of sp³-hybridized carbons (Fsp3) is 0.270. The summed E-state index contributed by atoms with van der Waals surface area (Å²) in [7, 11) is 0. The zero-order chi connectivity index (χ0) is 53.9. The van der Waals surface area contributed by atoms with Gasteiger partial charge >= 0.3 is 0 Å². The highest BCUT2D eigenvalue weighted by Gasteiger charge is 2.63. The molecule has 2 heteroatoms. The first-order valence-electron chi connectivity index (χ1n) is 29.3. The lowest BCUT2D eigenvalue weighted by Gasteiger charge is -2.61. The van der Waals surface area contributed by atoms with Crippen LogP contribution in [0.2, 0.25) is 0 Å². The molecule has 6 aliphatic carbocycles. The van der Waals surface area contributed by atoms with Crippen molar-refractivity contribution in [1.82, 2.24) is 0 Å². The van der Waals surface area contributed by atoms with E-state index in [1.807, 2.05) is 48.5 Å². The fourth-order valence-electron chi connectivity index (χ4n) is 13.8. The highest BCUT2D eigenvalue weighted by atomic mass is 15.1. The first-order valence-corrected chi connectivity index (χ1v) is 23.3. The van der Waals surface area contributed by atoms with E-state index >= 15 is 0 Å². The molecule has 320 valence electrons. The maximum atomic E-state index is 8.07. The molecule has 0 N–H and O–H groups in total. The van der Waals surface area contributed by atoms with Crippen LogP contribution in [0.5, 0.6) is 0 Å². The Hall–Kier alpha value is -6.38. The van der Waals surface area contributed by atoms with E-state index in [4.69, 9.17) is 16.4 Å². The summed E-state index contributed by atoms with van der Waals surface area (Å²) < 4.78 is 96.8. The maximum absolute atomic E-state index is 8.07. The molecular formula is C63H58N2. The summed E-state index contributed by atoms with van der Waals surface area (Å²) in [4.78, 5) is 4.16. The van der Waals surface area contributed by atoms with Crippen LogP contribution in [0.3, 0.4) is 0 Å². The number of hydrogen-bond acceptors (Lipinski definition) is 2. The smallest absolute Gasteiger partial charge is 0.0468 e. The van der Waals surface area contributed by atoms with Crippen LogP contribution in [-0.4, -0.2) is 0 Å². The van der Waals surface area contributed by atoms with Crippen molar-refractivity contribution in [3.8, 4) is 22.3 Å². The molecule has 0 aliphatic heterocycles. The van der Waals surface area contributed by atoms with Crippen molar-refractivity contribution < 1.29 is 16.4 Å². The SMILES string of the molecule is [2H]C([2H])([2H])c1ccc(N(c2ccc(C([2H])([2H])[2H])cc2)c2ccc3c(c2)C(C)(C)c2ccc4c(c2-3)C2(c3cc5cc(N(c6ccc(C([2H])([2H])[2H])cc6)c6ccc(C([2H])([2H])[2H])cc6)ccc5cc3-4)C3CC4CC(C3)CC2C4)cc1. The van der Waals surface area contributed by atoms with Gasteiger partial charge in [-0.25, -0.2) is 0 Å². The lowest BCUT2D eigenvalue weighted by Crippen LogP contribution is -2.55. The molecule has 65 heavy (non-hydrogen) atoms. The minimum absolute atomic E-state index is 0.221. The van der Waals surface area contributed by atoms with E-state index in [2.05, 4.69) is 84.3 Å². The van der Waals surface area contributed by atoms with E-state index in [-0.39, 0.29) is 27.7 Å². The van der Waals surface area contributed by atoms with Gasteiger partial charge in [0.1, 0.15) is 0 Å². The van der Waals surface area contributed by atoms with Gasteiger partial charge in [-0.3, -0.25) is 0 Å². The lowest BCUT2D eigenvalue weighted by molar-refractivity contribution is -0.0396. The molecule has 8 aromatic carbocycles. The molecule has 0 unspecified atom stereocenters. The van der Waals surface area contributed by atoms with Gasteiger partial charge in [0.05, 0.1) is 0 Å². The number of nitrogens with zero attached hydrogens (tertiary/aromatic N) is 2. The second-order valence-electron chi connectivity index (χ2n) is 20.2. The molecule has 0 atom stereocenters. The van der Waals surface area contributed by atoms with Crippen molar-refractivity contribution in [2.45, 2.75) is 84.2 Å². The largest absolute Gasteiger partial charge is 0.310 e.